The quantitative estimate of drug-likeness (QED) is 0.597. The van der Waals surface area contributed by atoms with Crippen LogP contribution in [0.1, 0.15) is 26.6 Å². The highest BCUT2D eigenvalue weighted by Gasteiger charge is 2.23. The van der Waals surface area contributed by atoms with Crippen LogP contribution in [0.3, 0.4) is 0 Å². The lowest BCUT2D eigenvalue weighted by Gasteiger charge is -2.22. The number of hydrogen-bond donors (Lipinski definition) is 1. The van der Waals surface area contributed by atoms with Crippen LogP contribution in [-0.4, -0.2) is 30.5 Å². The second-order valence-electron chi connectivity index (χ2n) is 6.43. The van der Waals surface area contributed by atoms with Crippen molar-refractivity contribution >= 4 is 38.1 Å². The van der Waals surface area contributed by atoms with Gasteiger partial charge in [-0.15, -0.1) is 11.3 Å². The monoisotopic (exact) mass is 463 g/mol. The molecule has 0 bridgehead atoms. The van der Waals surface area contributed by atoms with Crippen LogP contribution in [0.25, 0.3) is 0 Å². The van der Waals surface area contributed by atoms with Crippen LogP contribution in [0.15, 0.2) is 36.5 Å². The van der Waals surface area contributed by atoms with Crippen LogP contribution in [0.5, 0.6) is 0 Å². The number of nitrogens with zero attached hydrogens (tertiary/aromatic N) is 4. The van der Waals surface area contributed by atoms with E-state index in [9.17, 15) is 22.0 Å². The van der Waals surface area contributed by atoms with Gasteiger partial charge in [-0.1, -0.05) is 0 Å². The number of carbonyl (C=O) groups is 1. The molecule has 3 rings (SSSR count). The van der Waals surface area contributed by atoms with Crippen LogP contribution < -0.4 is 9.62 Å². The molecule has 3 aromatic rings. The van der Waals surface area contributed by atoms with Gasteiger partial charge in [-0.2, -0.15) is 5.26 Å². The van der Waals surface area contributed by atoms with Crippen molar-refractivity contribution in [3.63, 3.8) is 0 Å². The molecule has 0 aliphatic rings. The van der Waals surface area contributed by atoms with Crippen molar-refractivity contribution in [3.05, 3.63) is 70.0 Å². The summed E-state index contributed by atoms with van der Waals surface area (Å²) in [5.41, 5.74) is 0.740. The number of amides is 1. The van der Waals surface area contributed by atoms with E-state index in [0.717, 1.165) is 23.8 Å². The number of thiazole rings is 1. The molecule has 0 unspecified atom stereocenters. The lowest BCUT2D eigenvalue weighted by molar-refractivity contribution is 0.0977. The van der Waals surface area contributed by atoms with E-state index in [1.807, 2.05) is 10.8 Å². The van der Waals surface area contributed by atoms with Crippen molar-refractivity contribution < 1.29 is 22.0 Å². The van der Waals surface area contributed by atoms with Gasteiger partial charge >= 0.3 is 0 Å². The lowest BCUT2D eigenvalue weighted by atomic mass is 10.2. The van der Waals surface area contributed by atoms with Crippen molar-refractivity contribution in [2.75, 3.05) is 11.2 Å². The Bertz CT molecular complexity index is 1280. The van der Waals surface area contributed by atoms with Crippen LogP contribution in [-0.2, 0) is 16.6 Å². The lowest BCUT2D eigenvalue weighted by Crippen LogP contribution is -2.30. The molecule has 0 fully saturated rings. The van der Waals surface area contributed by atoms with Crippen LogP contribution in [0.2, 0.25) is 0 Å². The molecule has 31 heavy (non-hydrogen) atoms. The zero-order valence-electron chi connectivity index (χ0n) is 16.3. The minimum Gasteiger partial charge on any atom is -0.312 e. The molecular formula is C19H15F2N5O3S2. The summed E-state index contributed by atoms with van der Waals surface area (Å²) in [5.74, 6) is -2.58. The fourth-order valence-corrected chi connectivity index (χ4v) is 3.98. The summed E-state index contributed by atoms with van der Waals surface area (Å²) in [6.45, 7) is 1.43. The Hall–Kier alpha value is -3.43. The summed E-state index contributed by atoms with van der Waals surface area (Å²) in [4.78, 5) is 22.3. The Morgan fingerprint density at radius 3 is 2.55 bits per heavy atom. The van der Waals surface area contributed by atoms with Crippen LogP contribution >= 0.6 is 11.3 Å². The Balaban J connectivity index is 2.04. The number of sulfonamides is 1. The molecule has 0 saturated carbocycles. The van der Waals surface area contributed by atoms with Crippen molar-refractivity contribution in [1.82, 2.24) is 14.7 Å². The van der Waals surface area contributed by atoms with Crippen molar-refractivity contribution in [2.45, 2.75) is 13.5 Å². The highest BCUT2D eigenvalue weighted by atomic mass is 32.2. The van der Waals surface area contributed by atoms with Crippen molar-refractivity contribution in [2.24, 2.45) is 0 Å². The smallest absolute Gasteiger partial charge is 0.284 e. The zero-order valence-corrected chi connectivity index (χ0v) is 17.9. The van der Waals surface area contributed by atoms with Gasteiger partial charge in [0.05, 0.1) is 36.3 Å². The first-order valence-corrected chi connectivity index (χ1v) is 11.4. The van der Waals surface area contributed by atoms with Gasteiger partial charge < -0.3 is 4.90 Å². The third-order valence-corrected chi connectivity index (χ3v) is 5.56. The SMILES string of the molecule is Cc1sc(N(Cc2ncc(F)cc2F)c2ccc(C#N)cc2)nc1C(=O)NS(C)(=O)=O. The fourth-order valence-electron chi connectivity index (χ4n) is 2.62. The number of rotatable bonds is 6. The Labute approximate surface area is 180 Å². The summed E-state index contributed by atoms with van der Waals surface area (Å²) >= 11 is 1.08. The van der Waals surface area contributed by atoms with Crippen molar-refractivity contribution in [1.29, 1.82) is 5.26 Å². The number of carbonyl (C=O) groups excluding carboxylic acids is 1. The first kappa shape index (κ1) is 22.3. The summed E-state index contributed by atoms with van der Waals surface area (Å²) in [7, 11) is -3.79. The van der Waals surface area contributed by atoms with Crippen LogP contribution in [0.4, 0.5) is 19.6 Å². The molecule has 0 radical (unpaired) electrons. The summed E-state index contributed by atoms with van der Waals surface area (Å²) in [6.07, 6.45) is 1.73. The standard InChI is InChI=1S/C19H15F2N5O3S2/c1-11-17(18(27)25-31(2,28)29)24-19(30-11)26(14-5-3-12(8-22)4-6-14)10-16-15(21)7-13(20)9-23-16/h3-7,9H,10H2,1-2H3,(H,25,27). The molecule has 12 heteroatoms. The Morgan fingerprint density at radius 1 is 1.29 bits per heavy atom. The maximum atomic E-state index is 14.2. The molecule has 0 saturated heterocycles. The second-order valence-corrected chi connectivity index (χ2v) is 9.36. The summed E-state index contributed by atoms with van der Waals surface area (Å²) in [6, 6.07) is 9.01. The Kier molecular flexibility index (Phi) is 6.28. The summed E-state index contributed by atoms with van der Waals surface area (Å²) < 4.78 is 52.1. The number of hydrogen-bond acceptors (Lipinski definition) is 8. The molecular weight excluding hydrogens is 448 g/mol. The third-order valence-electron chi connectivity index (χ3n) is 4.01. The predicted molar refractivity (Wildman–Crippen MR) is 110 cm³/mol. The van der Waals surface area contributed by atoms with Crippen LogP contribution in [0, 0.1) is 29.9 Å². The zero-order chi connectivity index (χ0) is 22.8. The van der Waals surface area contributed by atoms with Gasteiger partial charge in [0.25, 0.3) is 5.91 Å². The molecule has 0 atom stereocenters. The van der Waals surface area contributed by atoms with E-state index >= 15 is 0 Å². The fraction of sp³-hybridized carbons (Fsp3) is 0.158. The number of nitrogens with one attached hydrogen (secondary N) is 1. The summed E-state index contributed by atoms with van der Waals surface area (Å²) in [5, 5.41) is 9.27. The molecule has 0 aliphatic carbocycles. The van der Waals surface area contributed by atoms with E-state index in [1.54, 1.807) is 31.2 Å². The molecule has 1 amide bonds. The minimum absolute atomic E-state index is 0.0687. The first-order chi connectivity index (χ1) is 14.6. The first-order valence-electron chi connectivity index (χ1n) is 8.64. The minimum atomic E-state index is -3.79. The average Bonchev–Trinajstić information content (AvgIpc) is 3.08. The van der Waals surface area contributed by atoms with Gasteiger partial charge in [0.1, 0.15) is 17.3 Å². The predicted octanol–water partition coefficient (Wildman–Crippen LogP) is 3.02. The topological polar surface area (TPSA) is 116 Å². The number of pyridine rings is 1. The van der Waals surface area contributed by atoms with Gasteiger partial charge in [-0.05, 0) is 31.2 Å². The largest absolute Gasteiger partial charge is 0.312 e. The number of aromatic nitrogens is 2. The number of nitriles is 1. The van der Waals surface area contributed by atoms with Gasteiger partial charge in [0.2, 0.25) is 10.0 Å². The highest BCUT2D eigenvalue weighted by Crippen LogP contribution is 2.33. The normalized spacial score (nSPS) is 11.1. The van der Waals surface area contributed by atoms with E-state index in [-0.39, 0.29) is 23.1 Å². The van der Waals surface area contributed by atoms with E-state index in [4.69, 9.17) is 5.26 Å². The molecule has 2 heterocycles. The molecule has 1 aromatic carbocycles. The Morgan fingerprint density at radius 2 is 1.97 bits per heavy atom. The molecule has 1 N–H and O–H groups in total. The van der Waals surface area contributed by atoms with E-state index in [1.165, 1.54) is 4.90 Å². The van der Waals surface area contributed by atoms with Gasteiger partial charge in [0, 0.05) is 16.6 Å². The molecule has 2 aromatic heterocycles. The maximum absolute atomic E-state index is 14.2. The molecule has 0 aliphatic heterocycles. The number of halogens is 2. The second kappa shape index (κ2) is 8.75. The highest BCUT2D eigenvalue weighted by molar-refractivity contribution is 7.89. The van der Waals surface area contributed by atoms with Gasteiger partial charge in [-0.25, -0.2) is 26.9 Å². The van der Waals surface area contributed by atoms with Gasteiger partial charge in [-0.3, -0.25) is 9.78 Å². The number of anilines is 2. The molecule has 8 nitrogen and oxygen atoms in total. The van der Waals surface area contributed by atoms with Crippen molar-refractivity contribution in [3.8, 4) is 6.07 Å². The number of aryl methyl sites for hydroxylation is 1. The molecule has 160 valence electrons. The van der Waals surface area contributed by atoms with Gasteiger partial charge in [0.15, 0.2) is 5.13 Å². The maximum Gasteiger partial charge on any atom is 0.284 e. The van der Waals surface area contributed by atoms with E-state index < -0.39 is 27.6 Å². The van der Waals surface area contributed by atoms with E-state index in [2.05, 4.69) is 9.97 Å². The average molecular weight is 463 g/mol. The van der Waals surface area contributed by atoms with E-state index in [0.29, 0.717) is 22.2 Å². The third kappa shape index (κ3) is 5.39. The number of benzene rings is 1. The molecule has 0 spiro atoms.